The molecule has 4 nitrogen and oxygen atoms in total. The molecule has 0 bridgehead atoms. The van der Waals surface area contributed by atoms with E-state index in [1.807, 2.05) is 0 Å². The van der Waals surface area contributed by atoms with Crippen LogP contribution in [0.2, 0.25) is 5.28 Å². The Hall–Kier alpha value is -1.24. The number of rotatable bonds is 2. The third-order valence-corrected chi connectivity index (χ3v) is 1.70. The first-order valence-corrected chi connectivity index (χ1v) is 4.38. The summed E-state index contributed by atoms with van der Waals surface area (Å²) >= 11 is 5.35. The van der Waals surface area contributed by atoms with Crippen molar-refractivity contribution in [1.29, 1.82) is 0 Å². The molecular weight excluding hydrogens is 233 g/mol. The molecule has 0 aliphatic rings. The van der Waals surface area contributed by atoms with Crippen molar-refractivity contribution in [2.24, 2.45) is 0 Å². The van der Waals surface area contributed by atoms with Crippen molar-refractivity contribution in [2.75, 3.05) is 17.6 Å². The molecule has 0 saturated heterocycles. The Balaban J connectivity index is 3.28. The SMILES string of the molecule is CCNc1nc(Cl)nc(C(F)(F)F)c1N. The van der Waals surface area contributed by atoms with E-state index in [0.29, 0.717) is 6.54 Å². The number of halogens is 4. The zero-order chi connectivity index (χ0) is 11.6. The fourth-order valence-electron chi connectivity index (χ4n) is 0.960. The molecule has 3 N–H and O–H groups in total. The van der Waals surface area contributed by atoms with E-state index in [-0.39, 0.29) is 5.82 Å². The maximum atomic E-state index is 12.4. The predicted molar refractivity (Wildman–Crippen MR) is 50.6 cm³/mol. The minimum atomic E-state index is -4.64. The summed E-state index contributed by atoms with van der Waals surface area (Å²) < 4.78 is 37.2. The van der Waals surface area contributed by atoms with E-state index in [0.717, 1.165) is 0 Å². The molecule has 0 fully saturated rings. The molecule has 0 radical (unpaired) electrons. The lowest BCUT2D eigenvalue weighted by Crippen LogP contribution is -2.15. The quantitative estimate of drug-likeness (QED) is 0.778. The van der Waals surface area contributed by atoms with Crippen molar-refractivity contribution >= 4 is 23.1 Å². The number of hydrogen-bond donors (Lipinski definition) is 2. The van der Waals surface area contributed by atoms with Crippen LogP contribution in [0, 0.1) is 0 Å². The molecule has 1 heterocycles. The van der Waals surface area contributed by atoms with Crippen LogP contribution in [0.4, 0.5) is 24.7 Å². The number of nitrogens with one attached hydrogen (secondary N) is 1. The van der Waals surface area contributed by atoms with Crippen molar-refractivity contribution in [3.8, 4) is 0 Å². The highest BCUT2D eigenvalue weighted by Crippen LogP contribution is 2.35. The van der Waals surface area contributed by atoms with Gasteiger partial charge in [0.25, 0.3) is 0 Å². The monoisotopic (exact) mass is 240 g/mol. The number of aromatic nitrogens is 2. The van der Waals surface area contributed by atoms with Crippen molar-refractivity contribution in [3.05, 3.63) is 11.0 Å². The third kappa shape index (κ3) is 2.62. The predicted octanol–water partition coefficient (Wildman–Crippen LogP) is 2.16. The summed E-state index contributed by atoms with van der Waals surface area (Å²) in [5, 5.41) is 2.08. The van der Waals surface area contributed by atoms with Crippen LogP contribution in [0.5, 0.6) is 0 Å². The number of anilines is 2. The van der Waals surface area contributed by atoms with Gasteiger partial charge in [0.1, 0.15) is 5.69 Å². The van der Waals surface area contributed by atoms with Gasteiger partial charge in [0, 0.05) is 6.54 Å². The van der Waals surface area contributed by atoms with Gasteiger partial charge in [0.05, 0.1) is 0 Å². The third-order valence-electron chi connectivity index (χ3n) is 1.53. The van der Waals surface area contributed by atoms with Gasteiger partial charge in [0.2, 0.25) is 5.28 Å². The minimum Gasteiger partial charge on any atom is -0.394 e. The van der Waals surface area contributed by atoms with E-state index in [2.05, 4.69) is 15.3 Å². The molecule has 0 aliphatic carbocycles. The van der Waals surface area contributed by atoms with Gasteiger partial charge in [-0.3, -0.25) is 0 Å². The zero-order valence-corrected chi connectivity index (χ0v) is 8.45. The molecule has 0 amide bonds. The summed E-state index contributed by atoms with van der Waals surface area (Å²) in [7, 11) is 0. The second kappa shape index (κ2) is 4.09. The highest BCUT2D eigenvalue weighted by molar-refractivity contribution is 6.28. The van der Waals surface area contributed by atoms with Crippen molar-refractivity contribution in [1.82, 2.24) is 9.97 Å². The van der Waals surface area contributed by atoms with Crippen LogP contribution < -0.4 is 11.1 Å². The zero-order valence-electron chi connectivity index (χ0n) is 7.69. The first-order valence-electron chi connectivity index (χ1n) is 4.00. The molecule has 1 aromatic rings. The molecule has 0 atom stereocenters. The van der Waals surface area contributed by atoms with E-state index >= 15 is 0 Å². The Morgan fingerprint density at radius 2 is 2.00 bits per heavy atom. The Bertz CT molecular complexity index is 366. The fourth-order valence-corrected chi connectivity index (χ4v) is 1.13. The maximum absolute atomic E-state index is 12.4. The second-order valence-corrected chi connectivity index (χ2v) is 2.97. The highest BCUT2D eigenvalue weighted by Gasteiger charge is 2.36. The van der Waals surface area contributed by atoms with Crippen molar-refractivity contribution in [2.45, 2.75) is 13.1 Å². The fraction of sp³-hybridized carbons (Fsp3) is 0.429. The van der Waals surface area contributed by atoms with E-state index in [9.17, 15) is 13.2 Å². The Morgan fingerprint density at radius 1 is 1.40 bits per heavy atom. The molecule has 8 heteroatoms. The second-order valence-electron chi connectivity index (χ2n) is 2.63. The van der Waals surface area contributed by atoms with E-state index in [4.69, 9.17) is 17.3 Å². The van der Waals surface area contributed by atoms with E-state index < -0.39 is 22.8 Å². The van der Waals surface area contributed by atoms with Crippen LogP contribution in [0.15, 0.2) is 0 Å². The average molecular weight is 241 g/mol. The van der Waals surface area contributed by atoms with Crippen LogP contribution in [-0.4, -0.2) is 16.5 Å². The van der Waals surface area contributed by atoms with Gasteiger partial charge >= 0.3 is 6.18 Å². The lowest BCUT2D eigenvalue weighted by atomic mass is 10.3. The van der Waals surface area contributed by atoms with Gasteiger partial charge in [-0.1, -0.05) is 0 Å². The standard InChI is InChI=1S/C7H8ClF3N4/c1-2-13-5-3(12)4(7(9,10)11)14-6(8)15-5/h2,12H2,1H3,(H,13,14,15). The van der Waals surface area contributed by atoms with Crippen LogP contribution in [0.25, 0.3) is 0 Å². The molecule has 0 saturated carbocycles. The number of hydrogen-bond acceptors (Lipinski definition) is 4. The molecule has 15 heavy (non-hydrogen) atoms. The van der Waals surface area contributed by atoms with E-state index in [1.54, 1.807) is 6.92 Å². The number of nitrogens with zero attached hydrogens (tertiary/aromatic N) is 2. The Morgan fingerprint density at radius 3 is 2.47 bits per heavy atom. The summed E-state index contributed by atoms with van der Waals surface area (Å²) in [5.41, 5.74) is 3.49. The van der Waals surface area contributed by atoms with Gasteiger partial charge in [-0.25, -0.2) is 4.98 Å². The van der Waals surface area contributed by atoms with Crippen LogP contribution in [0.3, 0.4) is 0 Å². The lowest BCUT2D eigenvalue weighted by Gasteiger charge is -2.12. The van der Waals surface area contributed by atoms with Crippen LogP contribution in [-0.2, 0) is 6.18 Å². The molecule has 0 unspecified atom stereocenters. The number of alkyl halides is 3. The van der Waals surface area contributed by atoms with Crippen molar-refractivity contribution < 1.29 is 13.2 Å². The van der Waals surface area contributed by atoms with Gasteiger partial charge in [-0.15, -0.1) is 0 Å². The first kappa shape index (κ1) is 11.8. The molecule has 0 aliphatic heterocycles. The van der Waals surface area contributed by atoms with Gasteiger partial charge in [-0.2, -0.15) is 18.2 Å². The Labute approximate surface area is 88.7 Å². The topological polar surface area (TPSA) is 63.8 Å². The number of nitrogen functional groups attached to an aromatic ring is 1. The summed E-state index contributed by atoms with van der Waals surface area (Å²) in [6.07, 6.45) is -4.64. The molecule has 0 aromatic carbocycles. The molecule has 84 valence electrons. The molecule has 1 rings (SSSR count). The maximum Gasteiger partial charge on any atom is 0.435 e. The van der Waals surface area contributed by atoms with E-state index in [1.165, 1.54) is 0 Å². The van der Waals surface area contributed by atoms with Crippen molar-refractivity contribution in [3.63, 3.8) is 0 Å². The highest BCUT2D eigenvalue weighted by atomic mass is 35.5. The first-order chi connectivity index (χ1) is 6.86. The van der Waals surface area contributed by atoms with Crippen LogP contribution in [0.1, 0.15) is 12.6 Å². The normalized spacial score (nSPS) is 11.5. The molecule has 0 spiro atoms. The summed E-state index contributed by atoms with van der Waals surface area (Å²) in [5.74, 6) is -0.107. The molecular formula is C7H8ClF3N4. The van der Waals surface area contributed by atoms with Gasteiger partial charge in [-0.05, 0) is 18.5 Å². The smallest absolute Gasteiger partial charge is 0.394 e. The lowest BCUT2D eigenvalue weighted by molar-refractivity contribution is -0.140. The average Bonchev–Trinajstić information content (AvgIpc) is 2.09. The van der Waals surface area contributed by atoms with Crippen LogP contribution >= 0.6 is 11.6 Å². The largest absolute Gasteiger partial charge is 0.435 e. The summed E-state index contributed by atoms with van der Waals surface area (Å²) in [6, 6.07) is 0. The summed E-state index contributed by atoms with van der Waals surface area (Å²) in [6.45, 7) is 2.08. The Kier molecular flexibility index (Phi) is 3.23. The summed E-state index contributed by atoms with van der Waals surface area (Å²) in [4.78, 5) is 6.61. The van der Waals surface area contributed by atoms with Gasteiger partial charge in [0.15, 0.2) is 11.5 Å². The minimum absolute atomic E-state index is 0.107. The van der Waals surface area contributed by atoms with Gasteiger partial charge < -0.3 is 11.1 Å². The number of nitrogens with two attached hydrogens (primary N) is 1. The molecule has 1 aromatic heterocycles.